The summed E-state index contributed by atoms with van der Waals surface area (Å²) in [4.78, 5) is 0. The van der Waals surface area contributed by atoms with Crippen molar-refractivity contribution in [1.29, 1.82) is 0 Å². The number of aryl methyl sites for hydroxylation is 1. The second kappa shape index (κ2) is 3.62. The van der Waals surface area contributed by atoms with Gasteiger partial charge in [0.15, 0.2) is 0 Å². The molecule has 0 fully saturated rings. The van der Waals surface area contributed by atoms with E-state index in [4.69, 9.17) is 11.5 Å². The molecule has 6 heteroatoms. The van der Waals surface area contributed by atoms with E-state index >= 15 is 0 Å². The van der Waals surface area contributed by atoms with Crippen LogP contribution in [0.2, 0.25) is 0 Å². The number of nitrogens with zero attached hydrogens (tertiary/aromatic N) is 1. The van der Waals surface area contributed by atoms with E-state index in [1.807, 2.05) is 0 Å². The van der Waals surface area contributed by atoms with Crippen LogP contribution in [0.25, 0.3) is 0 Å². The van der Waals surface area contributed by atoms with Crippen LogP contribution in [0.15, 0.2) is 12.4 Å². The van der Waals surface area contributed by atoms with Crippen LogP contribution in [0.5, 0.6) is 0 Å². The van der Waals surface area contributed by atoms with Crippen molar-refractivity contribution in [3.63, 3.8) is 0 Å². The topological polar surface area (TPSA) is 57.0 Å². The van der Waals surface area contributed by atoms with E-state index in [0.29, 0.717) is 0 Å². The monoisotopic (exact) mass is 207 g/mol. The predicted molar refractivity (Wildman–Crippen MR) is 46.4 cm³/mol. The van der Waals surface area contributed by atoms with Gasteiger partial charge in [0.1, 0.15) is 0 Å². The fraction of sp³-hybridized carbons (Fsp3) is 0.500. The van der Waals surface area contributed by atoms with Gasteiger partial charge in [-0.2, -0.15) is 13.2 Å². The maximum Gasteiger partial charge on any atom is 0.418 e. The van der Waals surface area contributed by atoms with Crippen LogP contribution >= 0.6 is 0 Å². The highest BCUT2D eigenvalue weighted by atomic mass is 19.4. The molecular weight excluding hydrogens is 195 g/mol. The maximum atomic E-state index is 12.4. The molecule has 0 radical (unpaired) electrons. The lowest BCUT2D eigenvalue weighted by Crippen LogP contribution is -2.23. The molecule has 0 bridgehead atoms. The Labute approximate surface area is 79.5 Å². The summed E-state index contributed by atoms with van der Waals surface area (Å²) in [5.41, 5.74) is 10.0. The molecule has 0 spiro atoms. The normalized spacial score (nSPS) is 14.4. The van der Waals surface area contributed by atoms with Crippen LogP contribution in [0.3, 0.4) is 0 Å². The smallest absolute Gasteiger partial charge is 0.356 e. The van der Waals surface area contributed by atoms with Gasteiger partial charge in [-0.3, -0.25) is 0 Å². The van der Waals surface area contributed by atoms with E-state index < -0.39 is 17.8 Å². The molecular formula is C8H12F3N3. The summed E-state index contributed by atoms with van der Waals surface area (Å²) >= 11 is 0. The number of aromatic nitrogens is 1. The Kier molecular flexibility index (Phi) is 2.86. The van der Waals surface area contributed by atoms with E-state index in [1.165, 1.54) is 17.8 Å². The summed E-state index contributed by atoms with van der Waals surface area (Å²) in [7, 11) is 1.52. The molecule has 0 aromatic carbocycles. The number of hydrogen-bond acceptors (Lipinski definition) is 2. The lowest BCUT2D eigenvalue weighted by atomic mass is 10.1. The Morgan fingerprint density at radius 3 is 2.43 bits per heavy atom. The minimum Gasteiger partial charge on any atom is -0.356 e. The van der Waals surface area contributed by atoms with Gasteiger partial charge < -0.3 is 16.0 Å². The molecule has 1 rings (SSSR count). The molecule has 1 unspecified atom stereocenters. The fourth-order valence-corrected chi connectivity index (χ4v) is 1.26. The van der Waals surface area contributed by atoms with Crippen molar-refractivity contribution in [3.05, 3.63) is 23.5 Å². The minimum atomic E-state index is -4.37. The van der Waals surface area contributed by atoms with Gasteiger partial charge in [0.25, 0.3) is 0 Å². The van der Waals surface area contributed by atoms with Gasteiger partial charge in [-0.05, 0) is 5.56 Å². The average Bonchev–Trinajstić information content (AvgIpc) is 2.45. The zero-order valence-electron chi connectivity index (χ0n) is 7.67. The third-order valence-corrected chi connectivity index (χ3v) is 1.95. The molecule has 0 aliphatic heterocycles. The van der Waals surface area contributed by atoms with Crippen LogP contribution in [-0.4, -0.2) is 11.1 Å². The number of rotatable bonds is 2. The first-order chi connectivity index (χ1) is 6.36. The SMILES string of the molecule is Cn1cc(C(N)CN)c(C(F)(F)F)c1. The largest absolute Gasteiger partial charge is 0.418 e. The first kappa shape index (κ1) is 11.1. The summed E-state index contributed by atoms with van der Waals surface area (Å²) in [6.45, 7) is -0.00685. The zero-order valence-corrected chi connectivity index (χ0v) is 7.67. The van der Waals surface area contributed by atoms with Gasteiger partial charge >= 0.3 is 6.18 Å². The lowest BCUT2D eigenvalue weighted by molar-refractivity contribution is -0.138. The molecule has 1 heterocycles. The standard InChI is InChI=1S/C8H12F3N3/c1-14-3-5(7(13)2-12)6(4-14)8(9,10)11/h3-4,7H,2,12-13H2,1H3. The van der Waals surface area contributed by atoms with Gasteiger partial charge in [0.05, 0.1) is 5.56 Å². The fourth-order valence-electron chi connectivity index (χ4n) is 1.26. The maximum absolute atomic E-state index is 12.4. The van der Waals surface area contributed by atoms with Gasteiger partial charge in [0.2, 0.25) is 0 Å². The van der Waals surface area contributed by atoms with Gasteiger partial charge in [0, 0.05) is 32.0 Å². The molecule has 0 aliphatic carbocycles. The molecule has 1 aromatic heterocycles. The van der Waals surface area contributed by atoms with Crippen LogP contribution in [0.1, 0.15) is 17.2 Å². The third-order valence-electron chi connectivity index (χ3n) is 1.95. The molecule has 0 amide bonds. The molecule has 1 atom stereocenters. The van der Waals surface area contributed by atoms with E-state index in [-0.39, 0.29) is 12.1 Å². The van der Waals surface area contributed by atoms with Crippen molar-refractivity contribution >= 4 is 0 Å². The Morgan fingerprint density at radius 1 is 1.43 bits per heavy atom. The van der Waals surface area contributed by atoms with Crippen molar-refractivity contribution in [1.82, 2.24) is 4.57 Å². The molecule has 1 aromatic rings. The Bertz CT molecular complexity index is 316. The predicted octanol–water partition coefficient (Wildman–Crippen LogP) is 1.00. The minimum absolute atomic E-state index is 0.00685. The molecule has 4 N–H and O–H groups in total. The van der Waals surface area contributed by atoms with Crippen molar-refractivity contribution in [2.45, 2.75) is 12.2 Å². The zero-order chi connectivity index (χ0) is 10.9. The van der Waals surface area contributed by atoms with Crippen LogP contribution < -0.4 is 11.5 Å². The quantitative estimate of drug-likeness (QED) is 0.760. The molecule has 0 saturated carbocycles. The van der Waals surface area contributed by atoms with Crippen LogP contribution in [-0.2, 0) is 13.2 Å². The number of halogens is 3. The van der Waals surface area contributed by atoms with Crippen molar-refractivity contribution in [2.24, 2.45) is 18.5 Å². The second-order valence-electron chi connectivity index (χ2n) is 3.13. The van der Waals surface area contributed by atoms with E-state index in [2.05, 4.69) is 0 Å². The number of hydrogen-bond donors (Lipinski definition) is 2. The summed E-state index contributed by atoms with van der Waals surface area (Å²) in [5, 5.41) is 0. The van der Waals surface area contributed by atoms with Crippen molar-refractivity contribution < 1.29 is 13.2 Å². The molecule has 0 saturated heterocycles. The summed E-state index contributed by atoms with van der Waals surface area (Å²) in [6.07, 6.45) is -2.02. The van der Waals surface area contributed by atoms with Crippen LogP contribution in [0.4, 0.5) is 13.2 Å². The summed E-state index contributed by atoms with van der Waals surface area (Å²) in [5.74, 6) is 0. The highest BCUT2D eigenvalue weighted by Crippen LogP contribution is 2.34. The number of nitrogens with two attached hydrogens (primary N) is 2. The highest BCUT2D eigenvalue weighted by Gasteiger charge is 2.35. The molecule has 3 nitrogen and oxygen atoms in total. The first-order valence-corrected chi connectivity index (χ1v) is 4.05. The second-order valence-corrected chi connectivity index (χ2v) is 3.13. The first-order valence-electron chi connectivity index (χ1n) is 4.05. The summed E-state index contributed by atoms with van der Waals surface area (Å²) < 4.78 is 38.7. The van der Waals surface area contributed by atoms with E-state index in [0.717, 1.165) is 6.20 Å². The Balaban J connectivity index is 3.16. The van der Waals surface area contributed by atoms with E-state index in [9.17, 15) is 13.2 Å². The van der Waals surface area contributed by atoms with Crippen LogP contribution in [0, 0.1) is 0 Å². The molecule has 0 aliphatic rings. The molecule has 80 valence electrons. The van der Waals surface area contributed by atoms with Crippen molar-refractivity contribution in [2.75, 3.05) is 6.54 Å². The highest BCUT2D eigenvalue weighted by molar-refractivity contribution is 5.30. The van der Waals surface area contributed by atoms with E-state index in [1.54, 1.807) is 0 Å². The van der Waals surface area contributed by atoms with Gasteiger partial charge in [-0.1, -0.05) is 0 Å². The Hall–Kier alpha value is -1.01. The average molecular weight is 207 g/mol. The Morgan fingerprint density at radius 2 is 2.00 bits per heavy atom. The third kappa shape index (κ3) is 2.08. The molecule has 14 heavy (non-hydrogen) atoms. The number of alkyl halides is 3. The van der Waals surface area contributed by atoms with Gasteiger partial charge in [-0.25, -0.2) is 0 Å². The van der Waals surface area contributed by atoms with Crippen molar-refractivity contribution in [3.8, 4) is 0 Å². The van der Waals surface area contributed by atoms with Gasteiger partial charge in [-0.15, -0.1) is 0 Å². The lowest BCUT2D eigenvalue weighted by Gasteiger charge is -2.11. The summed E-state index contributed by atoms with van der Waals surface area (Å²) in [6, 6.07) is -0.771.